The van der Waals surface area contributed by atoms with E-state index in [4.69, 9.17) is 17.0 Å². The Labute approximate surface area is 100 Å². The second-order valence-electron chi connectivity index (χ2n) is 3.22. The molecule has 3 N–H and O–H groups in total. The first-order chi connectivity index (χ1) is 7.67. The molecular weight excluding hydrogens is 226 g/mol. The van der Waals surface area contributed by atoms with Crippen LogP contribution in [0, 0.1) is 5.41 Å². The van der Waals surface area contributed by atoms with Gasteiger partial charge in [-0.3, -0.25) is 5.41 Å². The Morgan fingerprint density at radius 1 is 1.75 bits per heavy atom. The van der Waals surface area contributed by atoms with Crippen LogP contribution in [0.3, 0.4) is 0 Å². The van der Waals surface area contributed by atoms with E-state index in [1.54, 1.807) is 25.6 Å². The number of H-pyrrole nitrogens is 1. The van der Waals surface area contributed by atoms with E-state index in [1.807, 2.05) is 6.92 Å². The summed E-state index contributed by atoms with van der Waals surface area (Å²) in [6, 6.07) is 0. The Balaban J connectivity index is 2.76. The molecule has 6 heteroatoms. The maximum atomic E-state index is 7.25. The summed E-state index contributed by atoms with van der Waals surface area (Å²) in [6.45, 7) is 3.56. The summed E-state index contributed by atoms with van der Waals surface area (Å²) in [6.07, 6.45) is 5.01. The molecule has 0 amide bonds. The van der Waals surface area contributed by atoms with Gasteiger partial charge in [0.05, 0.1) is 18.6 Å². The third kappa shape index (κ3) is 3.58. The molecule has 0 atom stereocenters. The van der Waals surface area contributed by atoms with Crippen LogP contribution in [0.2, 0.25) is 0 Å². The largest absolute Gasteiger partial charge is 0.375 e. The quantitative estimate of drug-likeness (QED) is 0.662. The summed E-state index contributed by atoms with van der Waals surface area (Å²) in [4.78, 5) is 9.06. The molecule has 1 aromatic heterocycles. The molecule has 0 spiro atoms. The molecule has 0 aliphatic carbocycles. The summed E-state index contributed by atoms with van der Waals surface area (Å²) >= 11 is 5.55. The topological polar surface area (TPSA) is 67.8 Å². The number of nitrogens with one attached hydrogen (secondary N) is 3. The van der Waals surface area contributed by atoms with Crippen molar-refractivity contribution in [1.29, 1.82) is 5.41 Å². The second kappa shape index (κ2) is 6.17. The third-order valence-electron chi connectivity index (χ3n) is 2.16. The smallest absolute Gasteiger partial charge is 0.124 e. The zero-order chi connectivity index (χ0) is 12.0. The van der Waals surface area contributed by atoms with Gasteiger partial charge in [-0.05, 0) is 6.92 Å². The Bertz CT molecular complexity index is 357. The highest BCUT2D eigenvalue weighted by Crippen LogP contribution is 2.07. The number of rotatable bonds is 6. The lowest BCUT2D eigenvalue weighted by molar-refractivity contribution is 0.331. The van der Waals surface area contributed by atoms with Crippen LogP contribution in [0.15, 0.2) is 24.4 Å². The number of nitrogens with zero attached hydrogens (tertiary/aromatic N) is 2. The van der Waals surface area contributed by atoms with Crippen molar-refractivity contribution < 1.29 is 0 Å². The summed E-state index contributed by atoms with van der Waals surface area (Å²) in [5.41, 5.74) is 1.02. The molecule has 1 rings (SSSR count). The van der Waals surface area contributed by atoms with E-state index in [0.717, 1.165) is 18.1 Å². The summed E-state index contributed by atoms with van der Waals surface area (Å²) in [5, 5.41) is 10.3. The Morgan fingerprint density at radius 3 is 2.94 bits per heavy atom. The van der Waals surface area contributed by atoms with E-state index in [-0.39, 0.29) is 5.17 Å². The number of halogens is 1. The van der Waals surface area contributed by atoms with Crippen molar-refractivity contribution in [3.05, 3.63) is 30.1 Å². The van der Waals surface area contributed by atoms with Crippen molar-refractivity contribution in [3.8, 4) is 0 Å². The maximum Gasteiger partial charge on any atom is 0.124 e. The third-order valence-corrected chi connectivity index (χ3v) is 2.27. The van der Waals surface area contributed by atoms with E-state index in [9.17, 15) is 0 Å². The van der Waals surface area contributed by atoms with Gasteiger partial charge in [-0.25, -0.2) is 4.98 Å². The average molecular weight is 242 g/mol. The molecule has 0 saturated heterocycles. The van der Waals surface area contributed by atoms with Crippen molar-refractivity contribution in [2.75, 3.05) is 13.6 Å². The molecule has 0 aliphatic heterocycles. The molecule has 0 aliphatic rings. The van der Waals surface area contributed by atoms with Crippen LogP contribution in [0.5, 0.6) is 0 Å². The van der Waals surface area contributed by atoms with E-state index in [1.165, 1.54) is 0 Å². The van der Waals surface area contributed by atoms with Crippen molar-refractivity contribution in [3.63, 3.8) is 0 Å². The lowest BCUT2D eigenvalue weighted by Gasteiger charge is -2.24. The molecule has 0 aromatic carbocycles. The molecule has 0 radical (unpaired) electrons. The predicted octanol–water partition coefficient (Wildman–Crippen LogP) is 1.51. The van der Waals surface area contributed by atoms with E-state index < -0.39 is 0 Å². The molecule has 0 bridgehead atoms. The van der Waals surface area contributed by atoms with Crippen molar-refractivity contribution in [1.82, 2.24) is 20.2 Å². The van der Waals surface area contributed by atoms with Crippen molar-refractivity contribution in [2.45, 2.75) is 13.5 Å². The molecule has 16 heavy (non-hydrogen) atoms. The first-order valence-electron chi connectivity index (χ1n) is 5.03. The normalized spacial score (nSPS) is 11.3. The SMILES string of the molecule is CCN(Cc1cnc[nH]1)/C(=C/C(=N)Cl)NC. The van der Waals surface area contributed by atoms with Crippen LogP contribution >= 0.6 is 11.6 Å². The van der Waals surface area contributed by atoms with E-state index in [2.05, 4.69) is 20.2 Å². The molecule has 88 valence electrons. The van der Waals surface area contributed by atoms with E-state index in [0.29, 0.717) is 6.54 Å². The summed E-state index contributed by atoms with van der Waals surface area (Å²) in [7, 11) is 1.81. The van der Waals surface area contributed by atoms with Crippen LogP contribution < -0.4 is 5.32 Å². The zero-order valence-corrected chi connectivity index (χ0v) is 10.2. The molecule has 0 fully saturated rings. The highest BCUT2D eigenvalue weighted by atomic mass is 35.5. The molecule has 0 unspecified atom stereocenters. The van der Waals surface area contributed by atoms with Gasteiger partial charge in [-0.15, -0.1) is 0 Å². The molecule has 1 aromatic rings. The highest BCUT2D eigenvalue weighted by Gasteiger charge is 2.08. The van der Waals surface area contributed by atoms with Crippen LogP contribution in [-0.4, -0.2) is 33.6 Å². The van der Waals surface area contributed by atoms with Crippen LogP contribution in [0.4, 0.5) is 0 Å². The van der Waals surface area contributed by atoms with Crippen molar-refractivity contribution >= 4 is 16.8 Å². The monoisotopic (exact) mass is 241 g/mol. The molecular formula is C10H16ClN5. The first kappa shape index (κ1) is 12.6. The van der Waals surface area contributed by atoms with Gasteiger partial charge >= 0.3 is 0 Å². The number of hydrogen-bond acceptors (Lipinski definition) is 4. The average Bonchev–Trinajstić information content (AvgIpc) is 2.75. The summed E-state index contributed by atoms with van der Waals surface area (Å²) in [5.74, 6) is 0.817. The van der Waals surface area contributed by atoms with Crippen molar-refractivity contribution in [2.24, 2.45) is 0 Å². The van der Waals surface area contributed by atoms with Gasteiger partial charge in [0.1, 0.15) is 11.0 Å². The van der Waals surface area contributed by atoms with Gasteiger partial charge in [0.15, 0.2) is 0 Å². The molecule has 1 heterocycles. The Kier molecular flexibility index (Phi) is 4.85. The standard InChI is InChI=1S/C10H16ClN5/c1-3-16(6-8-5-14-7-15-8)10(13-2)4-9(11)12/h4-5,7,12-13H,3,6H2,1-2H3,(H,14,15)/b10-4+,12-9?. The Morgan fingerprint density at radius 2 is 2.50 bits per heavy atom. The number of aromatic amines is 1. The fraction of sp³-hybridized carbons (Fsp3) is 0.400. The maximum absolute atomic E-state index is 7.25. The lowest BCUT2D eigenvalue weighted by Crippen LogP contribution is -2.30. The highest BCUT2D eigenvalue weighted by molar-refractivity contribution is 6.67. The fourth-order valence-electron chi connectivity index (χ4n) is 1.39. The first-order valence-corrected chi connectivity index (χ1v) is 5.40. The van der Waals surface area contributed by atoms with Crippen LogP contribution in [0.1, 0.15) is 12.6 Å². The molecule has 0 saturated carbocycles. The van der Waals surface area contributed by atoms with Gasteiger partial charge in [0, 0.05) is 25.9 Å². The number of hydrogen-bond donors (Lipinski definition) is 3. The second-order valence-corrected chi connectivity index (χ2v) is 3.63. The molecule has 5 nitrogen and oxygen atoms in total. The minimum absolute atomic E-state index is 0.00686. The predicted molar refractivity (Wildman–Crippen MR) is 65.4 cm³/mol. The number of allylic oxidation sites excluding steroid dienone is 1. The van der Waals surface area contributed by atoms with Crippen LogP contribution in [-0.2, 0) is 6.54 Å². The van der Waals surface area contributed by atoms with Gasteiger partial charge < -0.3 is 15.2 Å². The Hall–Kier alpha value is -1.49. The lowest BCUT2D eigenvalue weighted by atomic mass is 10.4. The number of imidazole rings is 1. The minimum Gasteiger partial charge on any atom is -0.375 e. The summed E-state index contributed by atoms with van der Waals surface area (Å²) < 4.78 is 0. The van der Waals surface area contributed by atoms with Gasteiger partial charge in [-0.2, -0.15) is 0 Å². The van der Waals surface area contributed by atoms with Gasteiger partial charge in [-0.1, -0.05) is 11.6 Å². The number of aromatic nitrogens is 2. The van der Waals surface area contributed by atoms with Crippen LogP contribution in [0.25, 0.3) is 0 Å². The van der Waals surface area contributed by atoms with E-state index >= 15 is 0 Å². The van der Waals surface area contributed by atoms with Gasteiger partial charge in [0.25, 0.3) is 0 Å². The minimum atomic E-state index is 0.00686. The zero-order valence-electron chi connectivity index (χ0n) is 9.42. The fourth-order valence-corrected chi connectivity index (χ4v) is 1.49. The van der Waals surface area contributed by atoms with Gasteiger partial charge in [0.2, 0.25) is 0 Å².